The molecule has 0 fully saturated rings. The fourth-order valence-electron chi connectivity index (χ4n) is 7.15. The second-order valence-corrected chi connectivity index (χ2v) is 12.5. The molecule has 7 aromatic carbocycles. The zero-order valence-corrected chi connectivity index (χ0v) is 26.9. The smallest absolute Gasteiger partial charge is 0.238 e. The number of para-hydroxylation sites is 3. The first-order valence-corrected chi connectivity index (χ1v) is 16.7. The van der Waals surface area contributed by atoms with E-state index in [0.717, 1.165) is 77.1 Å². The zero-order valence-electron chi connectivity index (χ0n) is 26.9. The highest BCUT2D eigenvalue weighted by molar-refractivity contribution is 6.14. The zero-order chi connectivity index (χ0) is 33.0. The molecule has 0 saturated heterocycles. The molecular formula is C45H28N4O. The first kappa shape index (κ1) is 28.2. The van der Waals surface area contributed by atoms with Gasteiger partial charge in [-0.25, -0.2) is 4.98 Å². The Morgan fingerprint density at radius 2 is 0.940 bits per heavy atom. The van der Waals surface area contributed by atoms with Gasteiger partial charge in [0.25, 0.3) is 0 Å². The monoisotopic (exact) mass is 640 g/mol. The molecule has 0 N–H and O–H groups in total. The molecule has 0 radical (unpaired) electrons. The van der Waals surface area contributed by atoms with Crippen LogP contribution >= 0.6 is 0 Å². The molecule has 234 valence electrons. The van der Waals surface area contributed by atoms with E-state index in [2.05, 4.69) is 126 Å². The van der Waals surface area contributed by atoms with Crippen LogP contribution in [0.25, 0.3) is 94.7 Å². The predicted molar refractivity (Wildman–Crippen MR) is 203 cm³/mol. The summed E-state index contributed by atoms with van der Waals surface area (Å²) in [5.41, 5.74) is 10.0. The van der Waals surface area contributed by atoms with E-state index >= 15 is 0 Å². The minimum atomic E-state index is 0.575. The second-order valence-electron chi connectivity index (χ2n) is 12.5. The lowest BCUT2D eigenvalue weighted by Crippen LogP contribution is -2.06. The van der Waals surface area contributed by atoms with E-state index in [1.807, 2.05) is 48.5 Å². The number of rotatable bonds is 5. The van der Waals surface area contributed by atoms with E-state index in [-0.39, 0.29) is 0 Å². The minimum absolute atomic E-state index is 0.575. The van der Waals surface area contributed by atoms with Crippen molar-refractivity contribution in [2.75, 3.05) is 0 Å². The van der Waals surface area contributed by atoms with Crippen LogP contribution in [-0.2, 0) is 0 Å². The van der Waals surface area contributed by atoms with Gasteiger partial charge in [0.05, 0.1) is 11.0 Å². The highest BCUT2D eigenvalue weighted by atomic mass is 16.3. The Labute approximate surface area is 287 Å². The van der Waals surface area contributed by atoms with Crippen molar-refractivity contribution in [3.63, 3.8) is 0 Å². The van der Waals surface area contributed by atoms with Gasteiger partial charge in [-0.3, -0.25) is 4.57 Å². The van der Waals surface area contributed by atoms with E-state index in [1.54, 1.807) is 0 Å². The number of fused-ring (bicyclic) bond motifs is 6. The lowest BCUT2D eigenvalue weighted by molar-refractivity contribution is 0.669. The molecule has 0 aliphatic rings. The molecule has 0 aliphatic heterocycles. The van der Waals surface area contributed by atoms with Crippen LogP contribution in [0, 0.1) is 0 Å². The predicted octanol–water partition coefficient (Wildman–Crippen LogP) is 11.5. The van der Waals surface area contributed by atoms with Crippen molar-refractivity contribution in [2.45, 2.75) is 0 Å². The first-order chi connectivity index (χ1) is 24.8. The van der Waals surface area contributed by atoms with Gasteiger partial charge in [-0.1, -0.05) is 133 Å². The summed E-state index contributed by atoms with van der Waals surface area (Å²) in [5, 5.41) is 4.48. The van der Waals surface area contributed by atoms with Gasteiger partial charge in [0.15, 0.2) is 11.6 Å². The maximum atomic E-state index is 6.45. The summed E-state index contributed by atoms with van der Waals surface area (Å²) in [7, 11) is 0. The summed E-state index contributed by atoms with van der Waals surface area (Å²) < 4.78 is 8.60. The summed E-state index contributed by atoms with van der Waals surface area (Å²) in [6, 6.07) is 58.6. The third-order valence-electron chi connectivity index (χ3n) is 9.45. The molecule has 0 saturated carbocycles. The van der Waals surface area contributed by atoms with Crippen LogP contribution in [0.1, 0.15) is 0 Å². The molecule has 5 nitrogen and oxygen atoms in total. The number of furan rings is 1. The van der Waals surface area contributed by atoms with Gasteiger partial charge in [0, 0.05) is 32.7 Å². The summed E-state index contributed by atoms with van der Waals surface area (Å²) in [4.78, 5) is 15.4. The van der Waals surface area contributed by atoms with Crippen molar-refractivity contribution in [1.82, 2.24) is 19.5 Å². The molecule has 0 aliphatic carbocycles. The summed E-state index contributed by atoms with van der Waals surface area (Å²) in [5.74, 6) is 1.79. The third-order valence-corrected chi connectivity index (χ3v) is 9.45. The Kier molecular flexibility index (Phi) is 6.42. The van der Waals surface area contributed by atoms with Crippen LogP contribution in [0.5, 0.6) is 0 Å². The van der Waals surface area contributed by atoms with Crippen molar-refractivity contribution in [1.29, 1.82) is 0 Å². The van der Waals surface area contributed by atoms with Crippen molar-refractivity contribution in [2.24, 2.45) is 0 Å². The molecule has 0 spiro atoms. The summed E-state index contributed by atoms with van der Waals surface area (Å²) >= 11 is 0. The maximum Gasteiger partial charge on any atom is 0.238 e. The largest absolute Gasteiger partial charge is 0.456 e. The Balaban J connectivity index is 1.21. The highest BCUT2D eigenvalue weighted by Crippen LogP contribution is 2.41. The molecule has 5 heteroatoms. The van der Waals surface area contributed by atoms with Crippen LogP contribution in [0.2, 0.25) is 0 Å². The second kappa shape index (κ2) is 11.4. The average molecular weight is 641 g/mol. The Bertz CT molecular complexity index is 2820. The number of hydrogen-bond acceptors (Lipinski definition) is 4. The minimum Gasteiger partial charge on any atom is -0.456 e. The van der Waals surface area contributed by atoms with Gasteiger partial charge in [0.1, 0.15) is 11.2 Å². The summed E-state index contributed by atoms with van der Waals surface area (Å²) in [6.45, 7) is 0. The molecule has 0 bridgehead atoms. The number of aromatic nitrogens is 4. The molecule has 0 amide bonds. The highest BCUT2D eigenvalue weighted by Gasteiger charge is 2.19. The van der Waals surface area contributed by atoms with Gasteiger partial charge in [-0.15, -0.1) is 0 Å². The summed E-state index contributed by atoms with van der Waals surface area (Å²) in [6.07, 6.45) is 0. The van der Waals surface area contributed by atoms with Gasteiger partial charge in [-0.2, -0.15) is 9.97 Å². The SMILES string of the molecule is c1ccc(-c2cc(-c3cccc(-c4nc(-c5ccccc5)nc(-n5c6ccccc6c6ccccc65)n4)c3)c3c(c2)oc2ccccc23)cc1. The van der Waals surface area contributed by atoms with Crippen molar-refractivity contribution >= 4 is 43.7 Å². The fraction of sp³-hybridized carbons (Fsp3) is 0. The average Bonchev–Trinajstić information content (AvgIpc) is 3.74. The van der Waals surface area contributed by atoms with Crippen LogP contribution < -0.4 is 0 Å². The Morgan fingerprint density at radius 1 is 0.380 bits per heavy atom. The molecule has 50 heavy (non-hydrogen) atoms. The lowest BCUT2D eigenvalue weighted by atomic mass is 9.93. The molecule has 0 atom stereocenters. The Hall–Kier alpha value is -6.85. The molecule has 10 rings (SSSR count). The van der Waals surface area contributed by atoms with Crippen molar-refractivity contribution < 1.29 is 4.42 Å². The van der Waals surface area contributed by atoms with E-state index in [4.69, 9.17) is 19.4 Å². The van der Waals surface area contributed by atoms with Gasteiger partial charge in [-0.05, 0) is 58.7 Å². The number of hydrogen-bond donors (Lipinski definition) is 0. The van der Waals surface area contributed by atoms with Crippen molar-refractivity contribution in [3.05, 3.63) is 170 Å². The standard InChI is InChI=1S/C45H28N4O/c1-3-14-29(15-4-1)33-27-37(42-36-22-9-12-25-40(36)50-41(42)28-33)31-18-13-19-32(26-31)44-46-43(30-16-5-2-6-17-30)47-45(48-44)49-38-23-10-7-20-34(38)35-21-8-11-24-39(35)49/h1-28H. The van der Waals surface area contributed by atoms with Crippen LogP contribution in [0.15, 0.2) is 174 Å². The third kappa shape index (κ3) is 4.60. The van der Waals surface area contributed by atoms with E-state index < -0.39 is 0 Å². The van der Waals surface area contributed by atoms with Crippen LogP contribution in [0.4, 0.5) is 0 Å². The van der Waals surface area contributed by atoms with E-state index in [9.17, 15) is 0 Å². The lowest BCUT2D eigenvalue weighted by Gasteiger charge is -2.12. The van der Waals surface area contributed by atoms with E-state index in [1.165, 1.54) is 0 Å². The molecule has 3 aromatic heterocycles. The first-order valence-electron chi connectivity index (χ1n) is 16.7. The molecule has 3 heterocycles. The van der Waals surface area contributed by atoms with Crippen LogP contribution in [-0.4, -0.2) is 19.5 Å². The van der Waals surface area contributed by atoms with E-state index in [0.29, 0.717) is 17.6 Å². The van der Waals surface area contributed by atoms with Crippen LogP contribution in [0.3, 0.4) is 0 Å². The number of nitrogens with zero attached hydrogens (tertiary/aromatic N) is 4. The molecular weight excluding hydrogens is 613 g/mol. The van der Waals surface area contributed by atoms with Crippen molar-refractivity contribution in [3.8, 4) is 51.0 Å². The topological polar surface area (TPSA) is 56.7 Å². The maximum absolute atomic E-state index is 6.45. The fourth-order valence-corrected chi connectivity index (χ4v) is 7.15. The quantitative estimate of drug-likeness (QED) is 0.188. The van der Waals surface area contributed by atoms with Gasteiger partial charge in [0.2, 0.25) is 5.95 Å². The van der Waals surface area contributed by atoms with Gasteiger partial charge < -0.3 is 4.42 Å². The molecule has 10 aromatic rings. The Morgan fingerprint density at radius 3 is 1.66 bits per heavy atom. The normalized spacial score (nSPS) is 11.6. The molecule has 0 unspecified atom stereocenters. The van der Waals surface area contributed by atoms with Gasteiger partial charge >= 0.3 is 0 Å². The number of benzene rings is 7.